The van der Waals surface area contributed by atoms with Crippen LogP contribution in [0.3, 0.4) is 0 Å². The van der Waals surface area contributed by atoms with Crippen molar-refractivity contribution in [3.63, 3.8) is 0 Å². The molecule has 2 rings (SSSR count). The molecule has 0 aliphatic heterocycles. The van der Waals surface area contributed by atoms with E-state index in [2.05, 4.69) is 25.6 Å². The highest BCUT2D eigenvalue weighted by Crippen LogP contribution is 2.21. The van der Waals surface area contributed by atoms with Gasteiger partial charge in [0.15, 0.2) is 5.69 Å². The van der Waals surface area contributed by atoms with Gasteiger partial charge in [-0.3, -0.25) is 0 Å². The van der Waals surface area contributed by atoms with E-state index in [-0.39, 0.29) is 0 Å². The summed E-state index contributed by atoms with van der Waals surface area (Å²) in [4.78, 5) is 4.17. The SMILES string of the molecule is CCC(C)(N)c1nc(-c2cn[nH]n2)no1. The topological polar surface area (TPSA) is 107 Å². The number of H-pyrrole nitrogens is 1. The van der Waals surface area contributed by atoms with Crippen molar-refractivity contribution < 1.29 is 4.52 Å². The number of hydrogen-bond donors (Lipinski definition) is 2. The van der Waals surface area contributed by atoms with Gasteiger partial charge in [-0.2, -0.15) is 20.4 Å². The predicted molar refractivity (Wildman–Crippen MR) is 51.5 cm³/mol. The first-order valence-electron chi connectivity index (χ1n) is 4.62. The number of aromatic amines is 1. The fourth-order valence-electron chi connectivity index (χ4n) is 1.02. The molecule has 2 heterocycles. The third-order valence-corrected chi connectivity index (χ3v) is 2.29. The van der Waals surface area contributed by atoms with Crippen molar-refractivity contribution in [3.8, 4) is 11.5 Å². The van der Waals surface area contributed by atoms with Gasteiger partial charge in [-0.05, 0) is 13.3 Å². The standard InChI is InChI=1S/C8H12N6O/c1-3-8(2,9)7-11-6(13-15-7)5-4-10-14-12-5/h4H,3,9H2,1-2H3,(H,10,12,14). The Bertz CT molecular complexity index is 432. The van der Waals surface area contributed by atoms with E-state index in [1.807, 2.05) is 13.8 Å². The molecule has 0 fully saturated rings. The van der Waals surface area contributed by atoms with Gasteiger partial charge in [0.25, 0.3) is 0 Å². The highest BCUT2D eigenvalue weighted by Gasteiger charge is 2.26. The number of nitrogens with one attached hydrogen (secondary N) is 1. The Labute approximate surface area is 86.1 Å². The zero-order valence-corrected chi connectivity index (χ0v) is 8.56. The van der Waals surface area contributed by atoms with Crippen LogP contribution in [-0.2, 0) is 5.54 Å². The second kappa shape index (κ2) is 3.43. The van der Waals surface area contributed by atoms with E-state index in [0.29, 0.717) is 23.8 Å². The molecule has 7 heteroatoms. The summed E-state index contributed by atoms with van der Waals surface area (Å²) in [5, 5.41) is 13.8. The van der Waals surface area contributed by atoms with E-state index in [9.17, 15) is 0 Å². The highest BCUT2D eigenvalue weighted by molar-refractivity contribution is 5.45. The summed E-state index contributed by atoms with van der Waals surface area (Å²) in [5.41, 5.74) is 5.90. The Morgan fingerprint density at radius 3 is 3.00 bits per heavy atom. The number of aromatic nitrogens is 5. The third-order valence-electron chi connectivity index (χ3n) is 2.29. The molecule has 1 unspecified atom stereocenters. The van der Waals surface area contributed by atoms with E-state index in [4.69, 9.17) is 10.3 Å². The lowest BCUT2D eigenvalue weighted by molar-refractivity contribution is 0.291. The first-order valence-corrected chi connectivity index (χ1v) is 4.62. The van der Waals surface area contributed by atoms with E-state index < -0.39 is 5.54 Å². The van der Waals surface area contributed by atoms with Gasteiger partial charge in [0, 0.05) is 0 Å². The molecule has 0 radical (unpaired) electrons. The number of nitrogens with two attached hydrogens (primary N) is 1. The van der Waals surface area contributed by atoms with E-state index >= 15 is 0 Å². The molecule has 0 saturated heterocycles. The molecule has 80 valence electrons. The van der Waals surface area contributed by atoms with E-state index in [0.717, 1.165) is 0 Å². The monoisotopic (exact) mass is 208 g/mol. The van der Waals surface area contributed by atoms with Gasteiger partial charge < -0.3 is 10.3 Å². The molecule has 0 spiro atoms. The molecule has 2 aromatic heterocycles. The van der Waals surface area contributed by atoms with Gasteiger partial charge in [0.2, 0.25) is 11.7 Å². The fourth-order valence-corrected chi connectivity index (χ4v) is 1.02. The highest BCUT2D eigenvalue weighted by atomic mass is 16.5. The van der Waals surface area contributed by atoms with Crippen LogP contribution < -0.4 is 5.73 Å². The summed E-state index contributed by atoms with van der Waals surface area (Å²) in [7, 11) is 0. The Hall–Kier alpha value is -1.76. The molecule has 0 amide bonds. The zero-order valence-electron chi connectivity index (χ0n) is 8.56. The lowest BCUT2D eigenvalue weighted by atomic mass is 10.0. The quantitative estimate of drug-likeness (QED) is 0.757. The zero-order chi connectivity index (χ0) is 10.9. The van der Waals surface area contributed by atoms with Crippen molar-refractivity contribution in [2.75, 3.05) is 0 Å². The van der Waals surface area contributed by atoms with Crippen molar-refractivity contribution in [2.45, 2.75) is 25.8 Å². The second-order valence-corrected chi connectivity index (χ2v) is 3.55. The summed E-state index contributed by atoms with van der Waals surface area (Å²) in [6.07, 6.45) is 2.24. The van der Waals surface area contributed by atoms with Crippen LogP contribution in [0.2, 0.25) is 0 Å². The summed E-state index contributed by atoms with van der Waals surface area (Å²) in [6, 6.07) is 0. The normalized spacial score (nSPS) is 15.1. The van der Waals surface area contributed by atoms with Gasteiger partial charge in [0.05, 0.1) is 11.7 Å². The van der Waals surface area contributed by atoms with Gasteiger partial charge in [-0.15, -0.1) is 0 Å². The minimum absolute atomic E-state index is 0.392. The molecule has 0 bridgehead atoms. The first-order chi connectivity index (χ1) is 7.13. The second-order valence-electron chi connectivity index (χ2n) is 3.55. The maximum absolute atomic E-state index is 5.96. The van der Waals surface area contributed by atoms with Crippen molar-refractivity contribution in [3.05, 3.63) is 12.1 Å². The van der Waals surface area contributed by atoms with Crippen LogP contribution in [-0.4, -0.2) is 25.6 Å². The minimum atomic E-state index is -0.602. The lowest BCUT2D eigenvalue weighted by Gasteiger charge is -2.16. The molecular formula is C8H12N6O. The maximum atomic E-state index is 5.96. The van der Waals surface area contributed by atoms with Gasteiger partial charge >= 0.3 is 0 Å². The van der Waals surface area contributed by atoms with Gasteiger partial charge in [-0.1, -0.05) is 12.1 Å². The van der Waals surface area contributed by atoms with Crippen LogP contribution in [0.15, 0.2) is 10.7 Å². The van der Waals surface area contributed by atoms with Crippen LogP contribution in [0.5, 0.6) is 0 Å². The van der Waals surface area contributed by atoms with Gasteiger partial charge in [-0.25, -0.2) is 0 Å². The van der Waals surface area contributed by atoms with Gasteiger partial charge in [0.1, 0.15) is 0 Å². The predicted octanol–water partition coefficient (Wildman–Crippen LogP) is 0.439. The Morgan fingerprint density at radius 1 is 1.60 bits per heavy atom. The largest absolute Gasteiger partial charge is 0.337 e. The van der Waals surface area contributed by atoms with Crippen LogP contribution in [0.25, 0.3) is 11.5 Å². The molecule has 0 aliphatic carbocycles. The van der Waals surface area contributed by atoms with E-state index in [1.165, 1.54) is 6.20 Å². The van der Waals surface area contributed by atoms with Crippen LogP contribution in [0.4, 0.5) is 0 Å². The summed E-state index contributed by atoms with van der Waals surface area (Å²) < 4.78 is 5.08. The number of hydrogen-bond acceptors (Lipinski definition) is 6. The molecule has 0 aliphatic rings. The van der Waals surface area contributed by atoms with Crippen LogP contribution >= 0.6 is 0 Å². The Balaban J connectivity index is 2.33. The molecule has 2 aromatic rings. The van der Waals surface area contributed by atoms with E-state index in [1.54, 1.807) is 0 Å². The molecule has 15 heavy (non-hydrogen) atoms. The van der Waals surface area contributed by atoms with Crippen LogP contribution in [0, 0.1) is 0 Å². The average Bonchev–Trinajstić information content (AvgIpc) is 2.88. The molecular weight excluding hydrogens is 196 g/mol. The van der Waals surface area contributed by atoms with Crippen molar-refractivity contribution in [1.82, 2.24) is 25.6 Å². The Morgan fingerprint density at radius 2 is 2.40 bits per heavy atom. The first kappa shape index (κ1) is 9.78. The summed E-state index contributed by atoms with van der Waals surface area (Å²) in [5.74, 6) is 0.798. The Kier molecular flexibility index (Phi) is 2.24. The summed E-state index contributed by atoms with van der Waals surface area (Å²) >= 11 is 0. The minimum Gasteiger partial charge on any atom is -0.337 e. The average molecular weight is 208 g/mol. The molecule has 0 saturated carbocycles. The number of rotatable bonds is 3. The molecule has 3 N–H and O–H groups in total. The van der Waals surface area contributed by atoms with Crippen molar-refractivity contribution in [2.24, 2.45) is 5.73 Å². The molecule has 7 nitrogen and oxygen atoms in total. The lowest BCUT2D eigenvalue weighted by Crippen LogP contribution is -2.32. The maximum Gasteiger partial charge on any atom is 0.246 e. The fraction of sp³-hybridized carbons (Fsp3) is 0.500. The van der Waals surface area contributed by atoms with Crippen LogP contribution in [0.1, 0.15) is 26.2 Å². The smallest absolute Gasteiger partial charge is 0.246 e. The molecule has 0 aromatic carbocycles. The summed E-state index contributed by atoms with van der Waals surface area (Å²) in [6.45, 7) is 3.80. The number of nitrogens with zero attached hydrogens (tertiary/aromatic N) is 4. The third kappa shape index (κ3) is 1.73. The van der Waals surface area contributed by atoms with Crippen molar-refractivity contribution >= 4 is 0 Å². The van der Waals surface area contributed by atoms with Crippen molar-refractivity contribution in [1.29, 1.82) is 0 Å². The molecule has 1 atom stereocenters.